The van der Waals surface area contributed by atoms with Gasteiger partial charge in [-0.3, -0.25) is 9.69 Å². The zero-order valence-electron chi connectivity index (χ0n) is 21.7. The molecule has 4 rings (SSSR count). The summed E-state index contributed by atoms with van der Waals surface area (Å²) in [7, 11) is 0. The van der Waals surface area contributed by atoms with Gasteiger partial charge in [0.05, 0.1) is 28.6 Å². The first-order valence-corrected chi connectivity index (χ1v) is 11.8. The molecule has 2 aromatic carbocycles. The van der Waals surface area contributed by atoms with Crippen LogP contribution in [0.25, 0.3) is 11.3 Å². The van der Waals surface area contributed by atoms with Crippen LogP contribution in [0, 0.1) is 29.6 Å². The fourth-order valence-corrected chi connectivity index (χ4v) is 4.24. The standard InChI is InChI=1S/C28H26N6O4/c1-16-6-7-17(13-29)10-22(16)33-25-31-9-8-21(32-25)18-11-19(14-30)23-20(12-18)28(5,24(35)36)15-34(23)26(37)38-27(2,3)4/h6-12H,15H2,1-5H3,(H,35,36)(H,31,32,33)/t28-/m0/s1. The minimum Gasteiger partial charge on any atom is -0.481 e. The van der Waals surface area contributed by atoms with E-state index in [2.05, 4.69) is 27.4 Å². The van der Waals surface area contributed by atoms with Crippen molar-refractivity contribution in [3.05, 3.63) is 64.8 Å². The number of fused-ring (bicyclic) bond motifs is 1. The molecule has 0 bridgehead atoms. The Morgan fingerprint density at radius 2 is 1.89 bits per heavy atom. The predicted octanol–water partition coefficient (Wildman–Crippen LogP) is 5.04. The molecule has 0 radical (unpaired) electrons. The van der Waals surface area contributed by atoms with Crippen LogP contribution >= 0.6 is 0 Å². The van der Waals surface area contributed by atoms with Crippen molar-refractivity contribution in [2.75, 3.05) is 16.8 Å². The van der Waals surface area contributed by atoms with E-state index in [1.54, 1.807) is 51.1 Å². The van der Waals surface area contributed by atoms with Crippen LogP contribution in [0.1, 0.15) is 49.9 Å². The number of carboxylic acids is 1. The van der Waals surface area contributed by atoms with Gasteiger partial charge < -0.3 is 15.2 Å². The number of anilines is 3. The summed E-state index contributed by atoms with van der Waals surface area (Å²) in [5.74, 6) is -0.875. The molecule has 3 aromatic rings. The molecular weight excluding hydrogens is 484 g/mol. The van der Waals surface area contributed by atoms with Crippen molar-refractivity contribution in [1.82, 2.24) is 9.97 Å². The van der Waals surface area contributed by atoms with Crippen LogP contribution in [0.2, 0.25) is 0 Å². The van der Waals surface area contributed by atoms with Gasteiger partial charge in [-0.15, -0.1) is 0 Å². The number of nitrogens with zero attached hydrogens (tertiary/aromatic N) is 5. The van der Waals surface area contributed by atoms with Crippen molar-refractivity contribution < 1.29 is 19.4 Å². The number of carboxylic acid groups (broad SMARTS) is 1. The lowest BCUT2D eigenvalue weighted by atomic mass is 9.83. The maximum absolute atomic E-state index is 13.0. The normalized spacial score (nSPS) is 16.2. The third kappa shape index (κ3) is 4.84. The van der Waals surface area contributed by atoms with Crippen molar-refractivity contribution in [1.29, 1.82) is 10.5 Å². The summed E-state index contributed by atoms with van der Waals surface area (Å²) in [6.07, 6.45) is 0.813. The lowest BCUT2D eigenvalue weighted by Crippen LogP contribution is -2.42. The number of hydrogen-bond acceptors (Lipinski definition) is 8. The molecule has 2 N–H and O–H groups in total. The molecule has 1 atom stereocenters. The summed E-state index contributed by atoms with van der Waals surface area (Å²) >= 11 is 0. The Labute approximate surface area is 220 Å². The fraction of sp³-hybridized carbons (Fsp3) is 0.286. The SMILES string of the molecule is Cc1ccc(C#N)cc1Nc1nccc(-c2cc(C#N)c3c(c2)[C@@](C)(C(=O)O)CN3C(=O)OC(C)(C)C)n1. The first kappa shape index (κ1) is 26.1. The molecule has 0 saturated carbocycles. The second-order valence-electron chi connectivity index (χ2n) is 10.3. The lowest BCUT2D eigenvalue weighted by molar-refractivity contribution is -0.142. The van der Waals surface area contributed by atoms with Gasteiger partial charge in [0, 0.05) is 24.0 Å². The molecule has 38 heavy (non-hydrogen) atoms. The van der Waals surface area contributed by atoms with E-state index in [4.69, 9.17) is 4.74 Å². The van der Waals surface area contributed by atoms with E-state index in [1.807, 2.05) is 13.0 Å². The van der Waals surface area contributed by atoms with E-state index in [0.717, 1.165) is 5.56 Å². The number of benzene rings is 2. The number of ether oxygens (including phenoxy) is 1. The van der Waals surface area contributed by atoms with Gasteiger partial charge >= 0.3 is 12.1 Å². The number of aliphatic carboxylic acids is 1. The van der Waals surface area contributed by atoms with Crippen LogP contribution in [-0.2, 0) is 14.9 Å². The highest BCUT2D eigenvalue weighted by Gasteiger charge is 2.49. The Balaban J connectivity index is 1.80. The van der Waals surface area contributed by atoms with Crippen LogP contribution in [0.3, 0.4) is 0 Å². The Bertz CT molecular complexity index is 1550. The monoisotopic (exact) mass is 510 g/mol. The van der Waals surface area contributed by atoms with E-state index in [9.17, 15) is 25.2 Å². The first-order valence-electron chi connectivity index (χ1n) is 11.8. The van der Waals surface area contributed by atoms with Crippen molar-refractivity contribution in [2.45, 2.75) is 45.6 Å². The van der Waals surface area contributed by atoms with Gasteiger partial charge in [0.2, 0.25) is 5.95 Å². The molecule has 0 saturated heterocycles. The number of amides is 1. The number of carbonyl (C=O) groups is 2. The summed E-state index contributed by atoms with van der Waals surface area (Å²) in [5.41, 5.74) is 1.35. The van der Waals surface area contributed by atoms with Gasteiger partial charge in [-0.05, 0) is 76.1 Å². The van der Waals surface area contributed by atoms with Crippen LogP contribution in [0.5, 0.6) is 0 Å². The number of hydrogen-bond donors (Lipinski definition) is 2. The third-order valence-corrected chi connectivity index (χ3v) is 6.22. The molecule has 0 fully saturated rings. The largest absolute Gasteiger partial charge is 0.481 e. The maximum atomic E-state index is 13.0. The minimum atomic E-state index is -1.48. The maximum Gasteiger partial charge on any atom is 0.414 e. The van der Waals surface area contributed by atoms with Crippen LogP contribution in [0.15, 0.2) is 42.6 Å². The minimum absolute atomic E-state index is 0.124. The second-order valence-corrected chi connectivity index (χ2v) is 10.3. The summed E-state index contributed by atoms with van der Waals surface area (Å²) in [4.78, 5) is 35.5. The van der Waals surface area contributed by atoms with Gasteiger partial charge in [-0.25, -0.2) is 14.8 Å². The van der Waals surface area contributed by atoms with Gasteiger partial charge in [0.1, 0.15) is 17.1 Å². The van der Waals surface area contributed by atoms with Gasteiger partial charge in [0.25, 0.3) is 0 Å². The predicted molar refractivity (Wildman–Crippen MR) is 140 cm³/mol. The van der Waals surface area contributed by atoms with Crippen molar-refractivity contribution in [3.63, 3.8) is 0 Å². The van der Waals surface area contributed by atoms with Crippen LogP contribution < -0.4 is 10.2 Å². The highest BCUT2D eigenvalue weighted by molar-refractivity contribution is 6.00. The fourth-order valence-electron chi connectivity index (χ4n) is 4.24. The number of rotatable bonds is 4. The zero-order valence-corrected chi connectivity index (χ0v) is 21.7. The van der Waals surface area contributed by atoms with Crippen molar-refractivity contribution >= 4 is 29.4 Å². The second kappa shape index (κ2) is 9.49. The van der Waals surface area contributed by atoms with Gasteiger partial charge in [-0.1, -0.05) is 6.07 Å². The van der Waals surface area contributed by atoms with E-state index in [1.165, 1.54) is 18.0 Å². The molecule has 0 spiro atoms. The quantitative estimate of drug-likeness (QED) is 0.492. The van der Waals surface area contributed by atoms with E-state index in [0.29, 0.717) is 28.1 Å². The smallest absolute Gasteiger partial charge is 0.414 e. The number of nitriles is 2. The highest BCUT2D eigenvalue weighted by atomic mass is 16.6. The van der Waals surface area contributed by atoms with Crippen molar-refractivity contribution in [3.8, 4) is 23.4 Å². The third-order valence-electron chi connectivity index (χ3n) is 6.22. The summed E-state index contributed by atoms with van der Waals surface area (Å²) in [5, 5.41) is 32.5. The number of nitrogens with one attached hydrogen (secondary N) is 1. The molecule has 1 amide bonds. The Hall–Kier alpha value is -4.96. The molecule has 1 aromatic heterocycles. The number of aryl methyl sites for hydroxylation is 1. The lowest BCUT2D eigenvalue weighted by Gasteiger charge is -2.26. The Kier molecular flexibility index (Phi) is 6.52. The first-order chi connectivity index (χ1) is 17.9. The van der Waals surface area contributed by atoms with E-state index < -0.39 is 23.1 Å². The molecule has 1 aliphatic rings. The molecule has 10 heteroatoms. The average Bonchev–Trinajstić information content (AvgIpc) is 3.18. The Morgan fingerprint density at radius 3 is 2.53 bits per heavy atom. The van der Waals surface area contributed by atoms with Crippen LogP contribution in [0.4, 0.5) is 22.1 Å². The molecule has 192 valence electrons. The number of carbonyl (C=O) groups excluding carboxylic acids is 1. The Morgan fingerprint density at radius 1 is 1.16 bits per heavy atom. The zero-order chi connectivity index (χ0) is 27.8. The average molecular weight is 511 g/mol. The molecule has 2 heterocycles. The topological polar surface area (TPSA) is 152 Å². The number of aromatic nitrogens is 2. The van der Waals surface area contributed by atoms with Gasteiger partial charge in [0.15, 0.2) is 0 Å². The van der Waals surface area contributed by atoms with Crippen molar-refractivity contribution in [2.24, 2.45) is 0 Å². The summed E-state index contributed by atoms with van der Waals surface area (Å²) in [6.45, 7) is 8.36. The van der Waals surface area contributed by atoms with Crippen LogP contribution in [-0.4, -0.2) is 39.3 Å². The molecule has 1 aliphatic heterocycles. The molecule has 0 aliphatic carbocycles. The highest BCUT2D eigenvalue weighted by Crippen LogP contribution is 2.45. The van der Waals surface area contributed by atoms with E-state index in [-0.39, 0.29) is 23.7 Å². The summed E-state index contributed by atoms with van der Waals surface area (Å²) in [6, 6.07) is 14.3. The summed E-state index contributed by atoms with van der Waals surface area (Å²) < 4.78 is 5.50. The molecule has 0 unspecified atom stereocenters. The molecule has 10 nitrogen and oxygen atoms in total. The molecular formula is C28H26N6O4. The van der Waals surface area contributed by atoms with E-state index >= 15 is 0 Å². The van der Waals surface area contributed by atoms with Gasteiger partial charge in [-0.2, -0.15) is 10.5 Å².